The van der Waals surface area contributed by atoms with Crippen molar-refractivity contribution in [3.63, 3.8) is 0 Å². The van der Waals surface area contributed by atoms with E-state index in [1.807, 2.05) is 0 Å². The van der Waals surface area contributed by atoms with Gasteiger partial charge in [0, 0.05) is 11.0 Å². The van der Waals surface area contributed by atoms with E-state index in [0.717, 1.165) is 16.4 Å². The Bertz CT molecular complexity index is 576. The van der Waals surface area contributed by atoms with Gasteiger partial charge >= 0.3 is 5.97 Å². The minimum absolute atomic E-state index is 0.0532. The molecule has 0 atom stereocenters. The van der Waals surface area contributed by atoms with Crippen LogP contribution in [0.4, 0.5) is 4.39 Å². The average Bonchev–Trinajstić information content (AvgIpc) is 2.31. The van der Waals surface area contributed by atoms with E-state index in [1.165, 1.54) is 6.07 Å². The molecule has 1 rings (SSSR count). The second-order valence-electron chi connectivity index (χ2n) is 3.81. The van der Waals surface area contributed by atoms with Crippen molar-refractivity contribution in [2.75, 3.05) is 13.1 Å². The zero-order chi connectivity index (χ0) is 14.6. The van der Waals surface area contributed by atoms with Gasteiger partial charge in [0.1, 0.15) is 12.4 Å². The number of hydrogen-bond donors (Lipinski definition) is 1. The second-order valence-corrected chi connectivity index (χ2v) is 6.57. The lowest BCUT2D eigenvalue weighted by Gasteiger charge is -2.20. The Hall–Kier alpha value is -0.990. The summed E-state index contributed by atoms with van der Waals surface area (Å²) in [6.45, 7) is 1.13. The molecule has 0 radical (unpaired) electrons. The Morgan fingerprint density at radius 2 is 2.11 bits per heavy atom. The second kappa shape index (κ2) is 6.44. The first-order chi connectivity index (χ1) is 8.78. The first kappa shape index (κ1) is 16.1. The van der Waals surface area contributed by atoms with Crippen molar-refractivity contribution in [2.45, 2.75) is 18.2 Å². The van der Waals surface area contributed by atoms with Crippen LogP contribution < -0.4 is 0 Å². The van der Waals surface area contributed by atoms with Crippen molar-refractivity contribution in [1.82, 2.24) is 4.31 Å². The molecule has 0 spiro atoms. The SMILES string of the molecule is CCCN(CC(=O)O)S(=O)(=O)c1cc(F)ccc1Br. The van der Waals surface area contributed by atoms with Crippen LogP contribution in [-0.4, -0.2) is 36.9 Å². The van der Waals surface area contributed by atoms with Gasteiger partial charge in [0.25, 0.3) is 0 Å². The third-order valence-corrected chi connectivity index (χ3v) is 5.13. The highest BCUT2D eigenvalue weighted by Gasteiger charge is 2.28. The molecule has 0 amide bonds. The van der Waals surface area contributed by atoms with E-state index >= 15 is 0 Å². The molecule has 106 valence electrons. The van der Waals surface area contributed by atoms with Gasteiger partial charge in [-0.1, -0.05) is 6.92 Å². The summed E-state index contributed by atoms with van der Waals surface area (Å²) < 4.78 is 38.8. The topological polar surface area (TPSA) is 74.7 Å². The molecule has 0 unspecified atom stereocenters. The molecule has 8 heteroatoms. The van der Waals surface area contributed by atoms with Gasteiger partial charge < -0.3 is 5.11 Å². The summed E-state index contributed by atoms with van der Waals surface area (Å²) in [4.78, 5) is 10.4. The molecular weight excluding hydrogens is 341 g/mol. The quantitative estimate of drug-likeness (QED) is 0.849. The summed E-state index contributed by atoms with van der Waals surface area (Å²) in [6, 6.07) is 3.25. The van der Waals surface area contributed by atoms with Gasteiger partial charge in [0.2, 0.25) is 10.0 Å². The van der Waals surface area contributed by atoms with Crippen LogP contribution in [0, 0.1) is 5.82 Å². The lowest BCUT2D eigenvalue weighted by atomic mass is 10.3. The fraction of sp³-hybridized carbons (Fsp3) is 0.364. The number of carboxylic acid groups (broad SMARTS) is 1. The molecule has 0 heterocycles. The van der Waals surface area contributed by atoms with Crippen molar-refractivity contribution < 1.29 is 22.7 Å². The van der Waals surface area contributed by atoms with Gasteiger partial charge in [0.15, 0.2) is 0 Å². The van der Waals surface area contributed by atoms with Gasteiger partial charge in [-0.15, -0.1) is 0 Å². The zero-order valence-corrected chi connectivity index (χ0v) is 12.5. The van der Waals surface area contributed by atoms with Crippen LogP contribution in [0.3, 0.4) is 0 Å². The number of sulfonamides is 1. The lowest BCUT2D eigenvalue weighted by Crippen LogP contribution is -2.36. The summed E-state index contributed by atoms with van der Waals surface area (Å²) in [5.74, 6) is -1.96. The predicted molar refractivity (Wildman–Crippen MR) is 70.8 cm³/mol. The van der Waals surface area contributed by atoms with Crippen molar-refractivity contribution in [3.05, 3.63) is 28.5 Å². The van der Waals surface area contributed by atoms with E-state index in [2.05, 4.69) is 15.9 Å². The van der Waals surface area contributed by atoms with Crippen LogP contribution >= 0.6 is 15.9 Å². The number of hydrogen-bond acceptors (Lipinski definition) is 3. The number of nitrogens with zero attached hydrogens (tertiary/aromatic N) is 1. The molecule has 0 fully saturated rings. The monoisotopic (exact) mass is 353 g/mol. The largest absolute Gasteiger partial charge is 0.480 e. The number of aliphatic carboxylic acids is 1. The Balaban J connectivity index is 3.25. The molecule has 0 aromatic heterocycles. The smallest absolute Gasteiger partial charge is 0.318 e. The number of halogens is 2. The molecule has 19 heavy (non-hydrogen) atoms. The first-order valence-corrected chi connectivity index (χ1v) is 7.69. The van der Waals surface area contributed by atoms with Gasteiger partial charge in [0.05, 0.1) is 4.90 Å². The number of carboxylic acids is 1. The lowest BCUT2D eigenvalue weighted by molar-refractivity contribution is -0.137. The van der Waals surface area contributed by atoms with Crippen LogP contribution in [0.5, 0.6) is 0 Å². The van der Waals surface area contributed by atoms with Crippen molar-refractivity contribution in [3.8, 4) is 0 Å². The van der Waals surface area contributed by atoms with E-state index in [9.17, 15) is 17.6 Å². The summed E-state index contributed by atoms with van der Waals surface area (Å²) >= 11 is 3.03. The number of rotatable bonds is 6. The molecule has 1 N–H and O–H groups in total. The zero-order valence-electron chi connectivity index (χ0n) is 10.1. The summed E-state index contributed by atoms with van der Waals surface area (Å²) in [5.41, 5.74) is 0. The molecule has 5 nitrogen and oxygen atoms in total. The summed E-state index contributed by atoms with van der Waals surface area (Å²) in [5, 5.41) is 8.75. The maximum Gasteiger partial charge on any atom is 0.318 e. The normalized spacial score (nSPS) is 11.8. The van der Waals surface area contributed by atoms with E-state index in [0.29, 0.717) is 6.42 Å². The molecule has 0 bridgehead atoms. The van der Waals surface area contributed by atoms with E-state index in [4.69, 9.17) is 5.11 Å². The van der Waals surface area contributed by atoms with E-state index in [1.54, 1.807) is 6.92 Å². The van der Waals surface area contributed by atoms with Gasteiger partial charge in [-0.25, -0.2) is 12.8 Å². The van der Waals surface area contributed by atoms with Gasteiger partial charge in [-0.05, 0) is 40.5 Å². The maximum atomic E-state index is 13.2. The van der Waals surface area contributed by atoms with Crippen molar-refractivity contribution >= 4 is 31.9 Å². The number of benzene rings is 1. The third kappa shape index (κ3) is 3.99. The molecule has 1 aromatic rings. The van der Waals surface area contributed by atoms with Crippen LogP contribution in [0.25, 0.3) is 0 Å². The highest BCUT2D eigenvalue weighted by atomic mass is 79.9. The third-order valence-electron chi connectivity index (χ3n) is 2.30. The minimum atomic E-state index is -4.05. The van der Waals surface area contributed by atoms with E-state index < -0.39 is 28.4 Å². The van der Waals surface area contributed by atoms with Gasteiger partial charge in [-0.3, -0.25) is 4.79 Å². The minimum Gasteiger partial charge on any atom is -0.480 e. The van der Waals surface area contributed by atoms with Crippen molar-refractivity contribution in [2.24, 2.45) is 0 Å². The van der Waals surface area contributed by atoms with Crippen LogP contribution in [0.2, 0.25) is 0 Å². The van der Waals surface area contributed by atoms with E-state index in [-0.39, 0.29) is 15.9 Å². The highest BCUT2D eigenvalue weighted by molar-refractivity contribution is 9.10. The Kier molecular flexibility index (Phi) is 5.45. The number of carbonyl (C=O) groups is 1. The predicted octanol–water partition coefficient (Wildman–Crippen LogP) is 2.07. The molecule has 0 saturated heterocycles. The Labute approximate surface area is 119 Å². The van der Waals surface area contributed by atoms with Gasteiger partial charge in [-0.2, -0.15) is 4.31 Å². The molecular formula is C11H13BrFNO4S. The average molecular weight is 354 g/mol. The Morgan fingerprint density at radius 3 is 2.63 bits per heavy atom. The van der Waals surface area contributed by atoms with Crippen molar-refractivity contribution in [1.29, 1.82) is 0 Å². The molecule has 1 aromatic carbocycles. The van der Waals surface area contributed by atoms with Crippen LogP contribution in [-0.2, 0) is 14.8 Å². The first-order valence-electron chi connectivity index (χ1n) is 5.46. The summed E-state index contributed by atoms with van der Waals surface area (Å²) in [7, 11) is -4.05. The fourth-order valence-electron chi connectivity index (χ4n) is 1.50. The molecule has 0 saturated carbocycles. The van der Waals surface area contributed by atoms with Crippen LogP contribution in [0.15, 0.2) is 27.6 Å². The molecule has 0 aliphatic heterocycles. The summed E-state index contributed by atoms with van der Waals surface area (Å²) in [6.07, 6.45) is 0.458. The highest BCUT2D eigenvalue weighted by Crippen LogP contribution is 2.26. The van der Waals surface area contributed by atoms with Crippen LogP contribution in [0.1, 0.15) is 13.3 Å². The fourth-order valence-corrected chi connectivity index (χ4v) is 3.92. The molecule has 0 aliphatic carbocycles. The maximum absolute atomic E-state index is 13.2. The standard InChI is InChI=1S/C11H13BrFNO4S/c1-2-5-14(7-11(15)16)19(17,18)10-6-8(13)3-4-9(10)12/h3-4,6H,2,5,7H2,1H3,(H,15,16). The Morgan fingerprint density at radius 1 is 1.47 bits per heavy atom. The molecule has 0 aliphatic rings.